The molecular weight excluding hydrogens is 264 g/mol. The quantitative estimate of drug-likeness (QED) is 0.490. The highest BCUT2D eigenvalue weighted by Crippen LogP contribution is 2.25. The van der Waals surface area contributed by atoms with Crippen molar-refractivity contribution in [1.29, 1.82) is 0 Å². The third kappa shape index (κ3) is 3.89. The first-order valence-electron chi connectivity index (χ1n) is 5.57. The Hall–Kier alpha value is -2.20. The molecule has 0 bridgehead atoms. The van der Waals surface area contributed by atoms with Gasteiger partial charge < -0.3 is 4.74 Å². The summed E-state index contributed by atoms with van der Waals surface area (Å²) in [5, 5.41) is 0.406. The highest BCUT2D eigenvalue weighted by atomic mass is 35.5. The van der Waals surface area contributed by atoms with Crippen LogP contribution in [0.25, 0.3) is 6.08 Å². The molecule has 96 valence electrons. The normalized spacial score (nSPS) is 10.6. The van der Waals surface area contributed by atoms with Gasteiger partial charge in [-0.05, 0) is 36.8 Å². The number of aromatic nitrogens is 2. The lowest BCUT2D eigenvalue weighted by Crippen LogP contribution is -2.04. The molecule has 0 saturated heterocycles. The summed E-state index contributed by atoms with van der Waals surface area (Å²) in [4.78, 5) is 19.3. The second-order valence-electron chi connectivity index (χ2n) is 3.82. The van der Waals surface area contributed by atoms with Crippen LogP contribution in [-0.2, 0) is 4.79 Å². The third-order valence-corrected chi connectivity index (χ3v) is 2.59. The average molecular weight is 275 g/mol. The Balaban J connectivity index is 2.04. The summed E-state index contributed by atoms with van der Waals surface area (Å²) in [7, 11) is 0. The maximum absolute atomic E-state index is 11.6. The molecule has 1 aromatic carbocycles. The van der Waals surface area contributed by atoms with E-state index >= 15 is 0 Å². The van der Waals surface area contributed by atoms with E-state index in [2.05, 4.69) is 9.97 Å². The first-order chi connectivity index (χ1) is 9.15. The Morgan fingerprint density at radius 3 is 2.89 bits per heavy atom. The number of nitrogens with zero attached hydrogens (tertiary/aromatic N) is 2. The first-order valence-corrected chi connectivity index (χ1v) is 5.95. The van der Waals surface area contributed by atoms with E-state index < -0.39 is 5.97 Å². The van der Waals surface area contributed by atoms with Gasteiger partial charge in [0.1, 0.15) is 12.1 Å². The van der Waals surface area contributed by atoms with Crippen molar-refractivity contribution in [3.05, 3.63) is 59.1 Å². The minimum absolute atomic E-state index is 0.338. The number of halogens is 1. The number of ether oxygens (including phenoxy) is 1. The molecule has 4 nitrogen and oxygen atoms in total. The second kappa shape index (κ2) is 6.11. The van der Waals surface area contributed by atoms with Gasteiger partial charge in [-0.25, -0.2) is 14.8 Å². The Morgan fingerprint density at radius 1 is 1.37 bits per heavy atom. The number of carbonyl (C=O) groups excluding carboxylic acids is 1. The topological polar surface area (TPSA) is 52.1 Å². The van der Waals surface area contributed by atoms with Gasteiger partial charge in [0.25, 0.3) is 0 Å². The number of aryl methyl sites for hydroxylation is 1. The van der Waals surface area contributed by atoms with Crippen LogP contribution in [0.5, 0.6) is 5.75 Å². The van der Waals surface area contributed by atoms with Crippen LogP contribution < -0.4 is 4.74 Å². The van der Waals surface area contributed by atoms with Gasteiger partial charge in [0.05, 0.1) is 10.7 Å². The summed E-state index contributed by atoms with van der Waals surface area (Å²) in [5.74, 6) is -0.172. The summed E-state index contributed by atoms with van der Waals surface area (Å²) in [6.07, 6.45) is 5.83. The molecule has 0 fully saturated rings. The molecule has 1 aromatic heterocycles. The second-order valence-corrected chi connectivity index (χ2v) is 4.23. The number of rotatable bonds is 3. The van der Waals surface area contributed by atoms with Crippen molar-refractivity contribution in [2.75, 3.05) is 0 Å². The van der Waals surface area contributed by atoms with Crippen molar-refractivity contribution in [2.24, 2.45) is 0 Å². The van der Waals surface area contributed by atoms with E-state index in [4.69, 9.17) is 16.3 Å². The van der Waals surface area contributed by atoms with Gasteiger partial charge in [0.2, 0.25) is 0 Å². The zero-order valence-electron chi connectivity index (χ0n) is 10.2. The molecule has 19 heavy (non-hydrogen) atoms. The summed E-state index contributed by atoms with van der Waals surface area (Å²) in [6, 6.07) is 6.90. The minimum atomic E-state index is -0.510. The van der Waals surface area contributed by atoms with E-state index in [0.29, 0.717) is 16.5 Å². The predicted octanol–water partition coefficient (Wildman–Crippen LogP) is 3.06. The molecule has 0 spiro atoms. The molecule has 5 heteroatoms. The maximum atomic E-state index is 11.6. The minimum Gasteiger partial charge on any atom is -0.422 e. The number of esters is 1. The number of carbonyl (C=O) groups is 1. The standard InChI is InChI=1S/C14H11ClN2O2/c1-10-2-4-13(12(15)8-10)19-14(18)5-3-11-6-7-16-9-17-11/h2-9H,1H3. The maximum Gasteiger partial charge on any atom is 0.336 e. The number of hydrogen-bond donors (Lipinski definition) is 0. The molecule has 1 heterocycles. The van der Waals surface area contributed by atoms with Crippen LogP contribution in [0.15, 0.2) is 42.9 Å². The molecule has 2 rings (SSSR count). The molecule has 0 aliphatic rings. The smallest absolute Gasteiger partial charge is 0.336 e. The number of benzene rings is 1. The Morgan fingerprint density at radius 2 is 2.21 bits per heavy atom. The van der Waals surface area contributed by atoms with Gasteiger partial charge in [0, 0.05) is 12.3 Å². The fourth-order valence-electron chi connectivity index (χ4n) is 1.38. The molecule has 2 aromatic rings. The summed E-state index contributed by atoms with van der Waals surface area (Å²) in [5.41, 5.74) is 1.63. The lowest BCUT2D eigenvalue weighted by molar-refractivity contribution is -0.128. The molecule has 0 radical (unpaired) electrons. The fourth-order valence-corrected chi connectivity index (χ4v) is 1.66. The van der Waals surface area contributed by atoms with Crippen molar-refractivity contribution in [1.82, 2.24) is 9.97 Å². The Labute approximate surface area is 115 Å². The van der Waals surface area contributed by atoms with Gasteiger partial charge in [0.15, 0.2) is 0 Å². The van der Waals surface area contributed by atoms with Gasteiger partial charge in [-0.2, -0.15) is 0 Å². The Kier molecular flexibility index (Phi) is 4.26. The van der Waals surface area contributed by atoms with E-state index in [9.17, 15) is 4.79 Å². The van der Waals surface area contributed by atoms with Gasteiger partial charge >= 0.3 is 5.97 Å². The van der Waals surface area contributed by atoms with Crippen LogP contribution >= 0.6 is 11.6 Å². The third-order valence-electron chi connectivity index (χ3n) is 2.29. The van der Waals surface area contributed by atoms with Crippen LogP contribution in [0.3, 0.4) is 0 Å². The van der Waals surface area contributed by atoms with E-state index in [1.807, 2.05) is 13.0 Å². The van der Waals surface area contributed by atoms with E-state index in [1.54, 1.807) is 30.5 Å². The zero-order valence-corrected chi connectivity index (χ0v) is 11.0. The first kappa shape index (κ1) is 13.2. The lowest BCUT2D eigenvalue weighted by atomic mass is 10.2. The average Bonchev–Trinajstić information content (AvgIpc) is 2.41. The van der Waals surface area contributed by atoms with Crippen LogP contribution in [0.4, 0.5) is 0 Å². The Bertz CT molecular complexity index is 612. The lowest BCUT2D eigenvalue weighted by Gasteiger charge is -2.04. The molecule has 0 N–H and O–H groups in total. The number of hydrogen-bond acceptors (Lipinski definition) is 4. The summed E-state index contributed by atoms with van der Waals surface area (Å²) < 4.78 is 5.12. The highest BCUT2D eigenvalue weighted by molar-refractivity contribution is 6.32. The van der Waals surface area contributed by atoms with Crippen molar-refractivity contribution in [2.45, 2.75) is 6.92 Å². The molecule has 0 aliphatic heterocycles. The van der Waals surface area contributed by atoms with Gasteiger partial charge in [-0.3, -0.25) is 0 Å². The molecular formula is C14H11ClN2O2. The molecule has 0 unspecified atom stereocenters. The van der Waals surface area contributed by atoms with Crippen LogP contribution in [-0.4, -0.2) is 15.9 Å². The van der Waals surface area contributed by atoms with Gasteiger partial charge in [-0.1, -0.05) is 17.7 Å². The molecule has 0 amide bonds. The SMILES string of the molecule is Cc1ccc(OC(=O)C=Cc2ccncn2)c(Cl)c1. The van der Waals surface area contributed by atoms with Crippen molar-refractivity contribution < 1.29 is 9.53 Å². The summed E-state index contributed by atoms with van der Waals surface area (Å²) >= 11 is 5.97. The van der Waals surface area contributed by atoms with E-state index in [-0.39, 0.29) is 0 Å². The van der Waals surface area contributed by atoms with Crippen LogP contribution in [0, 0.1) is 6.92 Å². The van der Waals surface area contributed by atoms with Crippen LogP contribution in [0.2, 0.25) is 5.02 Å². The monoisotopic (exact) mass is 274 g/mol. The van der Waals surface area contributed by atoms with Crippen molar-refractivity contribution in [3.63, 3.8) is 0 Å². The largest absolute Gasteiger partial charge is 0.422 e. The molecule has 0 aliphatic carbocycles. The summed E-state index contributed by atoms with van der Waals surface area (Å²) in [6.45, 7) is 1.91. The predicted molar refractivity (Wildman–Crippen MR) is 72.9 cm³/mol. The van der Waals surface area contributed by atoms with E-state index in [1.165, 1.54) is 12.4 Å². The van der Waals surface area contributed by atoms with Crippen molar-refractivity contribution >= 4 is 23.6 Å². The van der Waals surface area contributed by atoms with E-state index in [0.717, 1.165) is 5.56 Å². The molecule has 0 saturated carbocycles. The van der Waals surface area contributed by atoms with Crippen LogP contribution in [0.1, 0.15) is 11.3 Å². The zero-order chi connectivity index (χ0) is 13.7. The highest BCUT2D eigenvalue weighted by Gasteiger charge is 2.05. The fraction of sp³-hybridized carbons (Fsp3) is 0.0714. The van der Waals surface area contributed by atoms with Crippen molar-refractivity contribution in [3.8, 4) is 5.75 Å². The molecule has 0 atom stereocenters. The van der Waals surface area contributed by atoms with Gasteiger partial charge in [-0.15, -0.1) is 0 Å².